The summed E-state index contributed by atoms with van der Waals surface area (Å²) in [6.07, 6.45) is 3.06. The largest absolute Gasteiger partial charge is 0.477 e. The number of anilines is 1. The number of amides is 1. The van der Waals surface area contributed by atoms with E-state index in [1.165, 1.54) is 6.33 Å². The zero-order chi connectivity index (χ0) is 12.4. The Hall–Kier alpha value is -2.15. The molecule has 0 spiro atoms. The van der Waals surface area contributed by atoms with E-state index in [1.807, 2.05) is 0 Å². The second-order valence-corrected chi connectivity index (χ2v) is 4.26. The zero-order valence-electron chi connectivity index (χ0n) is 8.88. The van der Waals surface area contributed by atoms with Gasteiger partial charge >= 0.3 is 5.97 Å². The third-order valence-corrected chi connectivity index (χ3v) is 2.95. The number of carboxylic acid groups (broad SMARTS) is 1. The number of aromatic carboxylic acids is 1. The van der Waals surface area contributed by atoms with Crippen molar-refractivity contribution in [3.8, 4) is 0 Å². The number of hydrogen-bond donors (Lipinski definition) is 2. The van der Waals surface area contributed by atoms with E-state index in [1.54, 1.807) is 29.3 Å². The van der Waals surface area contributed by atoms with Gasteiger partial charge in [0.1, 0.15) is 10.6 Å². The van der Waals surface area contributed by atoms with Crippen LogP contribution in [0.15, 0.2) is 24.0 Å². The van der Waals surface area contributed by atoms with Gasteiger partial charge in [0.05, 0.1) is 12.0 Å². The van der Waals surface area contributed by atoms with Crippen LogP contribution in [-0.4, -0.2) is 26.5 Å². The summed E-state index contributed by atoms with van der Waals surface area (Å²) in [4.78, 5) is 26.6. The van der Waals surface area contributed by atoms with Gasteiger partial charge in [0.25, 0.3) is 5.91 Å². The van der Waals surface area contributed by atoms with E-state index in [2.05, 4.69) is 10.3 Å². The Morgan fingerprint density at radius 1 is 1.53 bits per heavy atom. The van der Waals surface area contributed by atoms with Crippen LogP contribution in [0.4, 0.5) is 5.69 Å². The highest BCUT2D eigenvalue weighted by Gasteiger charge is 2.15. The smallest absolute Gasteiger partial charge is 0.348 e. The molecule has 2 rings (SSSR count). The second-order valence-electron chi connectivity index (χ2n) is 3.35. The highest BCUT2D eigenvalue weighted by Crippen LogP contribution is 2.22. The van der Waals surface area contributed by atoms with Gasteiger partial charge in [-0.05, 0) is 11.4 Å². The van der Waals surface area contributed by atoms with E-state index in [4.69, 9.17) is 5.11 Å². The highest BCUT2D eigenvalue weighted by molar-refractivity contribution is 7.12. The van der Waals surface area contributed by atoms with E-state index < -0.39 is 11.9 Å². The molecular formula is C10H9N3O3S. The topological polar surface area (TPSA) is 84.2 Å². The molecule has 7 heteroatoms. The molecule has 2 aromatic heterocycles. The van der Waals surface area contributed by atoms with Crippen molar-refractivity contribution in [2.45, 2.75) is 0 Å². The molecule has 0 saturated heterocycles. The molecule has 0 aromatic carbocycles. The number of hydrogen-bond acceptors (Lipinski definition) is 4. The van der Waals surface area contributed by atoms with Crippen LogP contribution < -0.4 is 5.32 Å². The van der Waals surface area contributed by atoms with Gasteiger partial charge in [-0.2, -0.15) is 0 Å². The molecule has 2 heterocycles. The molecule has 0 saturated carbocycles. The maximum absolute atomic E-state index is 11.7. The summed E-state index contributed by atoms with van der Waals surface area (Å²) in [6, 6.07) is 1.55. The molecule has 6 nitrogen and oxygen atoms in total. The first-order valence-electron chi connectivity index (χ1n) is 4.68. The van der Waals surface area contributed by atoms with Crippen molar-refractivity contribution in [2.75, 3.05) is 5.32 Å². The lowest BCUT2D eigenvalue weighted by molar-refractivity contribution is 0.0703. The molecule has 17 heavy (non-hydrogen) atoms. The molecule has 0 bridgehead atoms. The Morgan fingerprint density at radius 3 is 2.88 bits per heavy atom. The maximum atomic E-state index is 11.7. The average molecular weight is 251 g/mol. The summed E-state index contributed by atoms with van der Waals surface area (Å²) in [5, 5.41) is 13.0. The highest BCUT2D eigenvalue weighted by atomic mass is 32.1. The molecule has 0 fully saturated rings. The van der Waals surface area contributed by atoms with Crippen molar-refractivity contribution in [3.05, 3.63) is 34.5 Å². The predicted octanol–water partition coefficient (Wildman–Crippen LogP) is 1.43. The minimum absolute atomic E-state index is 0.106. The number of nitrogens with zero attached hydrogens (tertiary/aromatic N) is 2. The molecule has 2 N–H and O–H groups in total. The van der Waals surface area contributed by atoms with Crippen LogP contribution in [0.25, 0.3) is 0 Å². The fraction of sp³-hybridized carbons (Fsp3) is 0.100. The first kappa shape index (κ1) is 11.3. The SMILES string of the molecule is Cn1cnc(C(=O)Nc2ccsc2C(=O)O)c1. The van der Waals surface area contributed by atoms with Gasteiger partial charge in [0.2, 0.25) is 0 Å². The molecule has 0 atom stereocenters. The van der Waals surface area contributed by atoms with Gasteiger partial charge in [0, 0.05) is 13.2 Å². The molecular weight excluding hydrogens is 242 g/mol. The molecule has 0 radical (unpaired) electrons. The molecule has 0 unspecified atom stereocenters. The summed E-state index contributed by atoms with van der Waals surface area (Å²) < 4.78 is 1.64. The summed E-state index contributed by atoms with van der Waals surface area (Å²) >= 11 is 1.06. The van der Waals surface area contributed by atoms with Gasteiger partial charge in [-0.25, -0.2) is 9.78 Å². The predicted molar refractivity (Wildman–Crippen MR) is 62.4 cm³/mol. The van der Waals surface area contributed by atoms with Crippen molar-refractivity contribution in [3.63, 3.8) is 0 Å². The Kier molecular flexibility index (Phi) is 2.92. The van der Waals surface area contributed by atoms with Crippen molar-refractivity contribution in [1.82, 2.24) is 9.55 Å². The second kappa shape index (κ2) is 4.38. The van der Waals surface area contributed by atoms with E-state index in [0.717, 1.165) is 11.3 Å². The Morgan fingerprint density at radius 2 is 2.29 bits per heavy atom. The number of carboxylic acids is 1. The number of carbonyl (C=O) groups is 2. The first-order chi connectivity index (χ1) is 8.08. The van der Waals surface area contributed by atoms with Crippen LogP contribution in [0, 0.1) is 0 Å². The lowest BCUT2D eigenvalue weighted by atomic mass is 10.3. The van der Waals surface area contributed by atoms with Gasteiger partial charge in [-0.1, -0.05) is 0 Å². The van der Waals surface area contributed by atoms with Crippen LogP contribution in [0.1, 0.15) is 20.2 Å². The minimum Gasteiger partial charge on any atom is -0.477 e. The molecule has 2 aromatic rings. The van der Waals surface area contributed by atoms with Crippen LogP contribution in [0.2, 0.25) is 0 Å². The number of imidazole rings is 1. The Balaban J connectivity index is 2.18. The fourth-order valence-electron chi connectivity index (χ4n) is 1.29. The minimum atomic E-state index is -1.06. The van der Waals surface area contributed by atoms with Crippen LogP contribution in [0.5, 0.6) is 0 Å². The number of nitrogens with one attached hydrogen (secondary N) is 1. The Labute approximate surface area is 101 Å². The number of aryl methyl sites for hydroxylation is 1. The molecule has 0 aliphatic carbocycles. The molecule has 0 aliphatic heterocycles. The number of aromatic nitrogens is 2. The number of carbonyl (C=O) groups excluding carboxylic acids is 1. The van der Waals surface area contributed by atoms with E-state index in [9.17, 15) is 9.59 Å². The van der Waals surface area contributed by atoms with E-state index in [0.29, 0.717) is 0 Å². The lowest BCUT2D eigenvalue weighted by Crippen LogP contribution is -2.13. The number of rotatable bonds is 3. The summed E-state index contributed by atoms with van der Waals surface area (Å²) in [5.74, 6) is -1.48. The Bertz CT molecular complexity index is 573. The monoisotopic (exact) mass is 251 g/mol. The van der Waals surface area contributed by atoms with Crippen LogP contribution in [-0.2, 0) is 7.05 Å². The standard InChI is InChI=1S/C10H9N3O3S/c1-13-4-7(11-5-13)9(14)12-6-2-3-17-8(6)10(15)16/h2-5H,1H3,(H,12,14)(H,15,16). The van der Waals surface area contributed by atoms with Crippen molar-refractivity contribution < 1.29 is 14.7 Å². The first-order valence-corrected chi connectivity index (χ1v) is 5.56. The zero-order valence-corrected chi connectivity index (χ0v) is 9.69. The maximum Gasteiger partial charge on any atom is 0.348 e. The summed E-state index contributed by atoms with van der Waals surface area (Å²) in [6.45, 7) is 0. The van der Waals surface area contributed by atoms with E-state index >= 15 is 0 Å². The van der Waals surface area contributed by atoms with Crippen LogP contribution in [0.3, 0.4) is 0 Å². The summed E-state index contributed by atoms with van der Waals surface area (Å²) in [5.41, 5.74) is 0.535. The third-order valence-electron chi connectivity index (χ3n) is 2.05. The van der Waals surface area contributed by atoms with Crippen LogP contribution >= 0.6 is 11.3 Å². The molecule has 1 amide bonds. The summed E-state index contributed by atoms with van der Waals surface area (Å²) in [7, 11) is 1.75. The molecule has 0 aliphatic rings. The van der Waals surface area contributed by atoms with Crippen molar-refractivity contribution >= 4 is 28.9 Å². The quantitative estimate of drug-likeness (QED) is 0.864. The average Bonchev–Trinajstić information content (AvgIpc) is 2.86. The number of thiophene rings is 1. The van der Waals surface area contributed by atoms with Crippen molar-refractivity contribution in [2.24, 2.45) is 7.05 Å². The lowest BCUT2D eigenvalue weighted by Gasteiger charge is -2.01. The third kappa shape index (κ3) is 2.34. The molecule has 88 valence electrons. The normalized spacial score (nSPS) is 10.2. The van der Waals surface area contributed by atoms with Crippen molar-refractivity contribution in [1.29, 1.82) is 0 Å². The van der Waals surface area contributed by atoms with Gasteiger partial charge in [-0.15, -0.1) is 11.3 Å². The van der Waals surface area contributed by atoms with Gasteiger partial charge in [-0.3, -0.25) is 4.79 Å². The van der Waals surface area contributed by atoms with E-state index in [-0.39, 0.29) is 16.3 Å². The van der Waals surface area contributed by atoms with Gasteiger partial charge < -0.3 is 15.0 Å². The van der Waals surface area contributed by atoms with Gasteiger partial charge in [0.15, 0.2) is 0 Å². The fourth-order valence-corrected chi connectivity index (χ4v) is 1.98.